The third-order valence-corrected chi connectivity index (χ3v) is 6.80. The summed E-state index contributed by atoms with van der Waals surface area (Å²) in [4.78, 5) is 12.0. The molecule has 0 radical (unpaired) electrons. The van der Waals surface area contributed by atoms with Crippen molar-refractivity contribution in [2.45, 2.75) is 33.2 Å². The Balaban J connectivity index is 1.47. The lowest BCUT2D eigenvalue weighted by molar-refractivity contribution is 0.278. The van der Waals surface area contributed by atoms with E-state index >= 15 is 0 Å². The molecule has 0 spiro atoms. The minimum absolute atomic E-state index is 0.259. The fourth-order valence-electron chi connectivity index (χ4n) is 4.80. The van der Waals surface area contributed by atoms with Crippen LogP contribution in [0.3, 0.4) is 0 Å². The maximum Gasteiger partial charge on any atom is 0.230 e. The molecule has 0 bridgehead atoms. The Morgan fingerprint density at radius 2 is 1.56 bits per heavy atom. The molecule has 2 N–H and O–H groups in total. The Morgan fingerprint density at radius 1 is 0.897 bits per heavy atom. The number of nitrogens with zero attached hydrogens (tertiary/aromatic N) is 5. The van der Waals surface area contributed by atoms with Gasteiger partial charge in [0, 0.05) is 37.3 Å². The number of nitriles is 2. The summed E-state index contributed by atoms with van der Waals surface area (Å²) in [6.45, 7) is 6.25. The highest BCUT2D eigenvalue weighted by molar-refractivity contribution is 5.57. The Morgan fingerprint density at radius 3 is 2.23 bits per heavy atom. The monoisotopic (exact) mass is 516 g/mol. The lowest BCUT2D eigenvalue weighted by Crippen LogP contribution is -2.25. The van der Waals surface area contributed by atoms with Crippen molar-refractivity contribution in [1.29, 1.82) is 10.5 Å². The first-order valence-corrected chi connectivity index (χ1v) is 12.8. The van der Waals surface area contributed by atoms with Crippen molar-refractivity contribution in [2.75, 3.05) is 18.4 Å². The summed E-state index contributed by atoms with van der Waals surface area (Å²) < 4.78 is 6.49. The molecule has 1 aliphatic rings. The molecule has 3 aromatic carbocycles. The molecule has 0 unspecified atom stereocenters. The number of rotatable bonds is 6. The molecule has 0 saturated carbocycles. The van der Waals surface area contributed by atoms with E-state index in [0.717, 1.165) is 59.7 Å². The van der Waals surface area contributed by atoms with Gasteiger partial charge in [0.15, 0.2) is 0 Å². The van der Waals surface area contributed by atoms with Gasteiger partial charge in [0.1, 0.15) is 11.5 Å². The molecule has 0 saturated heterocycles. The van der Waals surface area contributed by atoms with E-state index in [2.05, 4.69) is 22.4 Å². The highest BCUT2D eigenvalue weighted by atomic mass is 16.5. The van der Waals surface area contributed by atoms with Crippen molar-refractivity contribution in [1.82, 2.24) is 14.9 Å². The lowest BCUT2D eigenvalue weighted by Gasteiger charge is -2.19. The molecule has 39 heavy (non-hydrogen) atoms. The summed E-state index contributed by atoms with van der Waals surface area (Å²) in [5, 5.41) is 31.4. The molecule has 1 aliphatic heterocycles. The van der Waals surface area contributed by atoms with Crippen LogP contribution in [0.25, 0.3) is 0 Å². The Hall–Kier alpha value is -4.92. The number of benzene rings is 3. The van der Waals surface area contributed by atoms with Crippen LogP contribution < -0.4 is 10.1 Å². The second kappa shape index (κ2) is 11.2. The summed E-state index contributed by atoms with van der Waals surface area (Å²) in [7, 11) is 0. The Labute approximate surface area is 227 Å². The third-order valence-electron chi connectivity index (χ3n) is 6.80. The fourth-order valence-corrected chi connectivity index (χ4v) is 4.80. The van der Waals surface area contributed by atoms with Gasteiger partial charge in [0.2, 0.25) is 11.8 Å². The first kappa shape index (κ1) is 25.7. The van der Waals surface area contributed by atoms with Gasteiger partial charge in [-0.2, -0.15) is 15.5 Å². The molecule has 2 heterocycles. The first-order valence-electron chi connectivity index (χ1n) is 12.8. The summed E-state index contributed by atoms with van der Waals surface area (Å²) >= 11 is 0. The SMILES string of the molecule is Cc1cc(C#N)cc(C)c1Oc1nc(Nc2ccc(C#N)cc2)nc2c1CCN(Cc1ccc(O)cc1)CC2. The number of aryl methyl sites for hydroxylation is 2. The molecule has 8 nitrogen and oxygen atoms in total. The van der Waals surface area contributed by atoms with E-state index in [1.54, 1.807) is 24.3 Å². The summed E-state index contributed by atoms with van der Waals surface area (Å²) in [5.74, 6) is 1.86. The van der Waals surface area contributed by atoms with Gasteiger partial charge >= 0.3 is 0 Å². The van der Waals surface area contributed by atoms with Crippen molar-refractivity contribution in [3.8, 4) is 29.5 Å². The molecule has 5 rings (SSSR count). The zero-order valence-corrected chi connectivity index (χ0v) is 21.9. The molecular formula is C31H28N6O2. The van der Waals surface area contributed by atoms with Crippen LogP contribution in [0.1, 0.15) is 39.1 Å². The number of phenols is 1. The standard InChI is InChI=1S/C31H28N6O2/c1-20-15-24(18-33)16-21(2)29(20)39-30-27-11-13-37(19-23-5-9-26(38)10-6-23)14-12-28(27)35-31(36-30)34-25-7-3-22(17-32)4-8-25/h3-10,15-16,38H,11-14,19H2,1-2H3,(H,34,35,36). The van der Waals surface area contributed by atoms with Gasteiger partial charge in [-0.3, -0.25) is 4.90 Å². The van der Waals surface area contributed by atoms with Crippen molar-refractivity contribution in [3.63, 3.8) is 0 Å². The van der Waals surface area contributed by atoms with Crippen LogP contribution in [0.4, 0.5) is 11.6 Å². The Kier molecular flexibility index (Phi) is 7.40. The van der Waals surface area contributed by atoms with Crippen molar-refractivity contribution < 1.29 is 9.84 Å². The predicted molar refractivity (Wildman–Crippen MR) is 148 cm³/mol. The van der Waals surface area contributed by atoms with Crippen LogP contribution in [0, 0.1) is 36.5 Å². The number of hydrogen-bond donors (Lipinski definition) is 2. The fraction of sp³-hybridized carbons (Fsp3) is 0.226. The number of anilines is 2. The summed E-state index contributed by atoms with van der Waals surface area (Å²) in [6, 6.07) is 22.4. The number of nitrogens with one attached hydrogen (secondary N) is 1. The predicted octanol–water partition coefficient (Wildman–Crippen LogP) is 5.68. The van der Waals surface area contributed by atoms with Crippen LogP contribution in [0.2, 0.25) is 0 Å². The van der Waals surface area contributed by atoms with E-state index in [4.69, 9.17) is 20.0 Å². The van der Waals surface area contributed by atoms with Crippen molar-refractivity contribution in [2.24, 2.45) is 0 Å². The van der Waals surface area contributed by atoms with E-state index in [9.17, 15) is 10.4 Å². The summed E-state index contributed by atoms with van der Waals surface area (Å²) in [5.41, 5.74) is 6.69. The topological polar surface area (TPSA) is 118 Å². The quantitative estimate of drug-likeness (QED) is 0.336. The zero-order chi connectivity index (χ0) is 27.4. The maximum atomic E-state index is 9.62. The average molecular weight is 517 g/mol. The largest absolute Gasteiger partial charge is 0.508 e. The number of hydrogen-bond acceptors (Lipinski definition) is 8. The van der Waals surface area contributed by atoms with Gasteiger partial charge in [-0.05, 0) is 85.5 Å². The average Bonchev–Trinajstić information content (AvgIpc) is 3.14. The molecule has 0 atom stereocenters. The van der Waals surface area contributed by atoms with Gasteiger partial charge in [-0.25, -0.2) is 4.98 Å². The Bertz CT molecular complexity index is 1560. The van der Waals surface area contributed by atoms with Crippen LogP contribution >= 0.6 is 0 Å². The third kappa shape index (κ3) is 5.98. The molecule has 0 aliphatic carbocycles. The normalized spacial score (nSPS) is 13.0. The van der Waals surface area contributed by atoms with Crippen LogP contribution in [0.5, 0.6) is 17.4 Å². The van der Waals surface area contributed by atoms with E-state index in [1.807, 2.05) is 50.2 Å². The molecule has 4 aromatic rings. The molecule has 194 valence electrons. The van der Waals surface area contributed by atoms with Gasteiger partial charge in [0.25, 0.3) is 0 Å². The number of phenolic OH excluding ortho intramolecular Hbond substituents is 1. The lowest BCUT2D eigenvalue weighted by atomic mass is 10.1. The van der Waals surface area contributed by atoms with E-state index in [-0.39, 0.29) is 5.75 Å². The van der Waals surface area contributed by atoms with Crippen LogP contribution in [-0.2, 0) is 19.4 Å². The maximum absolute atomic E-state index is 9.62. The van der Waals surface area contributed by atoms with E-state index in [0.29, 0.717) is 35.1 Å². The van der Waals surface area contributed by atoms with Gasteiger partial charge in [-0.1, -0.05) is 12.1 Å². The second-order valence-corrected chi connectivity index (χ2v) is 9.69. The number of fused-ring (bicyclic) bond motifs is 1. The molecule has 8 heteroatoms. The van der Waals surface area contributed by atoms with Crippen molar-refractivity contribution >= 4 is 11.6 Å². The smallest absolute Gasteiger partial charge is 0.230 e. The zero-order valence-electron chi connectivity index (χ0n) is 21.9. The number of aromatic hydroxyl groups is 1. The molecular weight excluding hydrogens is 488 g/mol. The molecule has 1 aromatic heterocycles. The van der Waals surface area contributed by atoms with Crippen molar-refractivity contribution in [3.05, 3.63) is 99.7 Å². The van der Waals surface area contributed by atoms with E-state index in [1.165, 1.54) is 0 Å². The minimum Gasteiger partial charge on any atom is -0.508 e. The highest BCUT2D eigenvalue weighted by Gasteiger charge is 2.23. The number of aromatic nitrogens is 2. The van der Waals surface area contributed by atoms with Gasteiger partial charge < -0.3 is 15.2 Å². The molecule has 0 fully saturated rings. The number of ether oxygens (including phenoxy) is 1. The minimum atomic E-state index is 0.259. The highest BCUT2D eigenvalue weighted by Crippen LogP contribution is 2.34. The first-order chi connectivity index (χ1) is 18.9. The van der Waals surface area contributed by atoms with Crippen LogP contribution in [0.15, 0.2) is 60.7 Å². The van der Waals surface area contributed by atoms with Gasteiger partial charge in [-0.15, -0.1) is 0 Å². The van der Waals surface area contributed by atoms with Crippen LogP contribution in [-0.4, -0.2) is 33.1 Å². The second-order valence-electron chi connectivity index (χ2n) is 9.69. The van der Waals surface area contributed by atoms with Gasteiger partial charge in [0.05, 0.1) is 29.0 Å². The summed E-state index contributed by atoms with van der Waals surface area (Å²) in [6.07, 6.45) is 1.44. The molecule has 0 amide bonds. The van der Waals surface area contributed by atoms with E-state index < -0.39 is 0 Å².